The van der Waals surface area contributed by atoms with Gasteiger partial charge >= 0.3 is 0 Å². The Balaban J connectivity index is 1.82. The summed E-state index contributed by atoms with van der Waals surface area (Å²) in [6.45, 7) is 3.76. The fourth-order valence-electron chi connectivity index (χ4n) is 3.76. The minimum atomic E-state index is -3.67. The third-order valence-corrected chi connectivity index (χ3v) is 7.34. The van der Waals surface area contributed by atoms with Gasteiger partial charge in [-0.25, -0.2) is 8.42 Å². The highest BCUT2D eigenvalue weighted by Gasteiger charge is 2.34. The van der Waals surface area contributed by atoms with E-state index in [0.717, 1.165) is 11.1 Å². The first-order chi connectivity index (χ1) is 14.7. The predicted molar refractivity (Wildman–Crippen MR) is 115 cm³/mol. The number of ketones is 2. The van der Waals surface area contributed by atoms with Crippen LogP contribution in [0.1, 0.15) is 31.4 Å². The number of nitrogens with zero attached hydrogens (tertiary/aromatic N) is 1. The van der Waals surface area contributed by atoms with Crippen molar-refractivity contribution >= 4 is 27.3 Å². The maximum absolute atomic E-state index is 13.2. The molecule has 1 aromatic carbocycles. The minimum Gasteiger partial charge on any atom is -0.345 e. The lowest BCUT2D eigenvalue weighted by Crippen LogP contribution is -2.38. The zero-order valence-corrected chi connectivity index (χ0v) is 18.4. The van der Waals surface area contributed by atoms with Gasteiger partial charge in [-0.3, -0.25) is 19.4 Å². The third kappa shape index (κ3) is 5.64. The Morgan fingerprint density at radius 1 is 1.13 bits per heavy atom. The SMILES string of the molecule is CC(C)C(CS(=O)(=O)c1ccccc1)C(=O)CC1Cc2cncc(c2)CNC(=O)C1=O. The van der Waals surface area contributed by atoms with E-state index in [1.54, 1.807) is 44.4 Å². The van der Waals surface area contributed by atoms with Gasteiger partial charge < -0.3 is 5.32 Å². The molecular weight excluding hydrogens is 416 g/mol. The molecule has 0 fully saturated rings. The summed E-state index contributed by atoms with van der Waals surface area (Å²) >= 11 is 0. The Bertz CT molecular complexity index is 1080. The molecule has 2 atom stereocenters. The number of nitrogens with one attached hydrogen (secondary N) is 1. The molecule has 2 heterocycles. The van der Waals surface area contributed by atoms with Crippen LogP contribution in [0.3, 0.4) is 0 Å². The lowest BCUT2D eigenvalue weighted by atomic mass is 9.84. The van der Waals surface area contributed by atoms with Crippen LogP contribution in [-0.2, 0) is 37.2 Å². The quantitative estimate of drug-likeness (QED) is 0.658. The summed E-state index contributed by atoms with van der Waals surface area (Å²) in [7, 11) is -3.67. The number of rotatable bonds is 7. The molecule has 0 saturated heterocycles. The van der Waals surface area contributed by atoms with Crippen molar-refractivity contribution in [2.45, 2.75) is 38.1 Å². The molecule has 0 aliphatic carbocycles. The van der Waals surface area contributed by atoms with Gasteiger partial charge in [0.05, 0.1) is 10.6 Å². The number of sulfone groups is 1. The zero-order valence-electron chi connectivity index (χ0n) is 17.6. The van der Waals surface area contributed by atoms with Crippen molar-refractivity contribution < 1.29 is 22.8 Å². The molecule has 31 heavy (non-hydrogen) atoms. The van der Waals surface area contributed by atoms with E-state index in [2.05, 4.69) is 10.3 Å². The molecule has 3 rings (SSSR count). The number of hydrogen-bond donors (Lipinski definition) is 1. The number of carbonyl (C=O) groups excluding carboxylic acids is 3. The molecular formula is C23H26N2O5S. The highest BCUT2D eigenvalue weighted by molar-refractivity contribution is 7.91. The van der Waals surface area contributed by atoms with Gasteiger partial charge in [-0.15, -0.1) is 0 Å². The molecule has 0 saturated carbocycles. The molecule has 164 valence electrons. The number of fused-ring (bicyclic) bond motifs is 2. The molecule has 1 amide bonds. The van der Waals surface area contributed by atoms with Gasteiger partial charge in [0, 0.05) is 37.2 Å². The van der Waals surface area contributed by atoms with Gasteiger partial charge in [0.2, 0.25) is 5.78 Å². The molecule has 2 bridgehead atoms. The molecule has 1 N–H and O–H groups in total. The van der Waals surface area contributed by atoms with E-state index in [9.17, 15) is 22.8 Å². The zero-order chi connectivity index (χ0) is 22.6. The average Bonchev–Trinajstić information content (AvgIpc) is 2.78. The number of hydrogen-bond acceptors (Lipinski definition) is 6. The van der Waals surface area contributed by atoms with Crippen LogP contribution in [-0.4, -0.2) is 36.6 Å². The number of amides is 1. The second-order valence-corrected chi connectivity index (χ2v) is 10.3. The molecule has 0 spiro atoms. The van der Waals surface area contributed by atoms with E-state index in [0.29, 0.717) is 0 Å². The van der Waals surface area contributed by atoms with Crippen LogP contribution in [0.2, 0.25) is 0 Å². The van der Waals surface area contributed by atoms with Crippen LogP contribution in [0.25, 0.3) is 0 Å². The molecule has 2 aromatic rings. The van der Waals surface area contributed by atoms with Gasteiger partial charge in [0.25, 0.3) is 5.91 Å². The van der Waals surface area contributed by atoms with Crippen molar-refractivity contribution in [3.63, 3.8) is 0 Å². The molecule has 1 aliphatic heterocycles. The lowest BCUT2D eigenvalue weighted by molar-refractivity contribution is -0.141. The van der Waals surface area contributed by atoms with Crippen molar-refractivity contribution in [3.8, 4) is 0 Å². The second kappa shape index (κ2) is 9.51. The summed E-state index contributed by atoms with van der Waals surface area (Å²) < 4.78 is 25.7. The molecule has 7 nitrogen and oxygen atoms in total. The molecule has 1 aliphatic rings. The first-order valence-electron chi connectivity index (χ1n) is 10.2. The molecule has 1 aromatic heterocycles. The van der Waals surface area contributed by atoms with E-state index in [-0.39, 0.29) is 41.7 Å². The highest BCUT2D eigenvalue weighted by Crippen LogP contribution is 2.25. The van der Waals surface area contributed by atoms with Crippen molar-refractivity contribution in [2.24, 2.45) is 17.8 Å². The van der Waals surface area contributed by atoms with Crippen LogP contribution >= 0.6 is 0 Å². The van der Waals surface area contributed by atoms with Gasteiger partial charge in [0.1, 0.15) is 5.78 Å². The fraction of sp³-hybridized carbons (Fsp3) is 0.391. The Morgan fingerprint density at radius 2 is 1.81 bits per heavy atom. The van der Waals surface area contributed by atoms with E-state index in [1.807, 2.05) is 6.07 Å². The summed E-state index contributed by atoms with van der Waals surface area (Å²) in [5, 5.41) is 2.56. The minimum absolute atomic E-state index is 0.161. The smallest absolute Gasteiger partial charge is 0.287 e. The number of benzene rings is 1. The molecule has 8 heteroatoms. The van der Waals surface area contributed by atoms with Crippen LogP contribution in [0.15, 0.2) is 53.7 Å². The predicted octanol–water partition coefficient (Wildman–Crippen LogP) is 2.14. The molecule has 2 unspecified atom stereocenters. The number of pyridine rings is 1. The van der Waals surface area contributed by atoms with Crippen molar-refractivity contribution in [2.75, 3.05) is 5.75 Å². The summed E-state index contributed by atoms with van der Waals surface area (Å²) in [5.41, 5.74) is 1.54. The van der Waals surface area contributed by atoms with Gasteiger partial charge in [-0.2, -0.15) is 0 Å². The van der Waals surface area contributed by atoms with Gasteiger partial charge in [0.15, 0.2) is 9.84 Å². The van der Waals surface area contributed by atoms with Crippen LogP contribution in [0.5, 0.6) is 0 Å². The van der Waals surface area contributed by atoms with Crippen LogP contribution < -0.4 is 5.32 Å². The normalized spacial score (nSPS) is 18.0. The van der Waals surface area contributed by atoms with Gasteiger partial charge in [-0.1, -0.05) is 38.1 Å². The lowest BCUT2D eigenvalue weighted by Gasteiger charge is -2.22. The maximum Gasteiger partial charge on any atom is 0.287 e. The van der Waals surface area contributed by atoms with E-state index in [1.165, 1.54) is 12.1 Å². The first kappa shape index (κ1) is 22.8. The summed E-state index contributed by atoms with van der Waals surface area (Å²) in [4.78, 5) is 42.4. The van der Waals surface area contributed by atoms with E-state index >= 15 is 0 Å². The molecule has 0 radical (unpaired) electrons. The van der Waals surface area contributed by atoms with Gasteiger partial charge in [-0.05, 0) is 35.6 Å². The monoisotopic (exact) mass is 442 g/mol. The fourth-order valence-corrected chi connectivity index (χ4v) is 5.57. The summed E-state index contributed by atoms with van der Waals surface area (Å²) in [5.74, 6) is -3.94. The van der Waals surface area contributed by atoms with Crippen LogP contribution in [0.4, 0.5) is 0 Å². The standard InChI is InChI=1S/C23H26N2O5S/c1-15(2)20(14-31(29,30)19-6-4-3-5-7-19)21(26)10-18-9-16-8-17(12-24-11-16)13-25-23(28)22(18)27/h3-8,11-12,15,18,20H,9-10,13-14H2,1-2H3,(H,25,28). The van der Waals surface area contributed by atoms with Crippen molar-refractivity contribution in [3.05, 3.63) is 59.9 Å². The first-order valence-corrected chi connectivity index (χ1v) is 11.9. The Labute approximate surface area is 182 Å². The Morgan fingerprint density at radius 3 is 2.48 bits per heavy atom. The average molecular weight is 443 g/mol. The summed E-state index contributed by atoms with van der Waals surface area (Å²) in [6, 6.07) is 9.85. The van der Waals surface area contributed by atoms with Crippen molar-refractivity contribution in [1.82, 2.24) is 10.3 Å². The Hall–Kier alpha value is -2.87. The van der Waals surface area contributed by atoms with Crippen LogP contribution in [0, 0.1) is 17.8 Å². The topological polar surface area (TPSA) is 110 Å². The highest BCUT2D eigenvalue weighted by atomic mass is 32.2. The number of aromatic nitrogens is 1. The van der Waals surface area contributed by atoms with Crippen molar-refractivity contribution in [1.29, 1.82) is 0 Å². The third-order valence-electron chi connectivity index (χ3n) is 5.55. The second-order valence-electron chi connectivity index (χ2n) is 8.26. The maximum atomic E-state index is 13.2. The largest absolute Gasteiger partial charge is 0.345 e. The van der Waals surface area contributed by atoms with E-state index < -0.39 is 33.4 Å². The Kier molecular flexibility index (Phi) is 7.00. The number of Topliss-reactive ketones (excluding diaryl/α,β-unsaturated/α-hetero) is 2. The summed E-state index contributed by atoms with van der Waals surface area (Å²) in [6.07, 6.45) is 3.24. The van der Waals surface area contributed by atoms with E-state index in [4.69, 9.17) is 0 Å². The number of carbonyl (C=O) groups is 3.